The molecule has 1 unspecified atom stereocenters. The van der Waals surface area contributed by atoms with E-state index in [4.69, 9.17) is 9.72 Å². The molecule has 0 saturated carbocycles. The van der Waals surface area contributed by atoms with E-state index >= 15 is 0 Å². The lowest BCUT2D eigenvalue weighted by atomic mass is 10.0. The van der Waals surface area contributed by atoms with Crippen molar-refractivity contribution >= 4 is 42.6 Å². The van der Waals surface area contributed by atoms with E-state index in [2.05, 4.69) is 19.9 Å². The molecule has 4 rings (SSSR count). The zero-order valence-corrected chi connectivity index (χ0v) is 23.1. The van der Waals surface area contributed by atoms with Crippen molar-refractivity contribution in [2.75, 3.05) is 31.6 Å². The van der Waals surface area contributed by atoms with Crippen LogP contribution >= 0.6 is 11.3 Å². The van der Waals surface area contributed by atoms with Gasteiger partial charge in [-0.3, -0.25) is 9.69 Å². The average Bonchev–Trinajstić information content (AvgIpc) is 3.54. The highest BCUT2D eigenvalue weighted by Crippen LogP contribution is 2.35. The lowest BCUT2D eigenvalue weighted by Crippen LogP contribution is -2.37. The quantitative estimate of drug-likeness (QED) is 0.338. The third kappa shape index (κ3) is 5.64. The normalized spacial score (nSPS) is 16.3. The number of sulfonamides is 1. The van der Waals surface area contributed by atoms with Gasteiger partial charge < -0.3 is 4.74 Å². The number of carbonyl (C=O) groups excluding carboxylic acids is 1. The first-order valence-electron chi connectivity index (χ1n) is 12.6. The van der Waals surface area contributed by atoms with Crippen LogP contribution in [0.5, 0.6) is 0 Å². The molecule has 2 aromatic carbocycles. The zero-order valence-electron chi connectivity index (χ0n) is 21.4. The summed E-state index contributed by atoms with van der Waals surface area (Å²) in [6.45, 7) is 7.87. The maximum Gasteiger partial charge on any atom is 0.260 e. The van der Waals surface area contributed by atoms with Gasteiger partial charge in [0.15, 0.2) is 5.13 Å². The van der Waals surface area contributed by atoms with Gasteiger partial charge in [-0.15, -0.1) is 0 Å². The number of nitrogens with zero attached hydrogens (tertiary/aromatic N) is 3. The van der Waals surface area contributed by atoms with Crippen LogP contribution in [0.2, 0.25) is 0 Å². The van der Waals surface area contributed by atoms with Crippen LogP contribution < -0.4 is 4.90 Å². The summed E-state index contributed by atoms with van der Waals surface area (Å²) in [4.78, 5) is 20.5. The van der Waals surface area contributed by atoms with Crippen molar-refractivity contribution in [2.45, 2.75) is 63.4 Å². The zero-order chi connectivity index (χ0) is 25.9. The van der Waals surface area contributed by atoms with Gasteiger partial charge in [0.2, 0.25) is 10.0 Å². The Bertz CT molecular complexity index is 1300. The molecule has 1 saturated heterocycles. The van der Waals surface area contributed by atoms with Crippen molar-refractivity contribution in [3.05, 3.63) is 53.6 Å². The molecule has 1 aliphatic rings. The largest absolute Gasteiger partial charge is 0.376 e. The van der Waals surface area contributed by atoms with Gasteiger partial charge in [-0.25, -0.2) is 17.7 Å². The maximum absolute atomic E-state index is 13.7. The molecule has 0 spiro atoms. The molecule has 1 atom stereocenters. The molecule has 1 aromatic heterocycles. The van der Waals surface area contributed by atoms with Crippen LogP contribution in [0.25, 0.3) is 10.2 Å². The Hall–Kier alpha value is -2.33. The Labute approximate surface area is 218 Å². The topological polar surface area (TPSA) is 79.8 Å². The van der Waals surface area contributed by atoms with Gasteiger partial charge >= 0.3 is 0 Å². The highest BCUT2D eigenvalue weighted by Gasteiger charge is 2.28. The number of anilines is 1. The predicted molar refractivity (Wildman–Crippen MR) is 146 cm³/mol. The first kappa shape index (κ1) is 26.7. The number of unbranched alkanes of at least 4 members (excludes halogenated alkanes) is 1. The van der Waals surface area contributed by atoms with Gasteiger partial charge in [-0.1, -0.05) is 50.7 Å². The fourth-order valence-electron chi connectivity index (χ4n) is 4.39. The van der Waals surface area contributed by atoms with Crippen LogP contribution in [-0.2, 0) is 14.8 Å². The molecule has 0 N–H and O–H groups in total. The summed E-state index contributed by atoms with van der Waals surface area (Å²) in [5.74, 6) is 0.106. The second-order valence-corrected chi connectivity index (χ2v) is 12.7. The summed E-state index contributed by atoms with van der Waals surface area (Å²) < 4.78 is 34.0. The van der Waals surface area contributed by atoms with Crippen molar-refractivity contribution in [1.82, 2.24) is 9.29 Å². The molecule has 7 nitrogen and oxygen atoms in total. The number of fused-ring (bicyclic) bond motifs is 1. The van der Waals surface area contributed by atoms with Gasteiger partial charge in [-0.2, -0.15) is 0 Å². The number of ether oxygens (including phenoxy) is 1. The van der Waals surface area contributed by atoms with Gasteiger partial charge in [-0.05, 0) is 61.1 Å². The number of carbonyl (C=O) groups is 1. The lowest BCUT2D eigenvalue weighted by molar-refractivity contribution is 0.0917. The lowest BCUT2D eigenvalue weighted by Gasteiger charge is -2.23. The van der Waals surface area contributed by atoms with Crippen LogP contribution in [0.4, 0.5) is 5.13 Å². The molecule has 0 radical (unpaired) electrons. The van der Waals surface area contributed by atoms with E-state index in [0.29, 0.717) is 36.3 Å². The summed E-state index contributed by atoms with van der Waals surface area (Å²) in [6, 6.07) is 12.4. The van der Waals surface area contributed by atoms with Crippen molar-refractivity contribution < 1.29 is 17.9 Å². The molecule has 1 aliphatic heterocycles. The summed E-state index contributed by atoms with van der Waals surface area (Å²) in [6.07, 6.45) is 3.54. The van der Waals surface area contributed by atoms with Crippen molar-refractivity contribution in [3.63, 3.8) is 0 Å². The van der Waals surface area contributed by atoms with Crippen LogP contribution in [0.3, 0.4) is 0 Å². The summed E-state index contributed by atoms with van der Waals surface area (Å²) in [5.41, 5.74) is 2.50. The number of thiazole rings is 1. The Morgan fingerprint density at radius 3 is 2.58 bits per heavy atom. The molecule has 1 amide bonds. The van der Waals surface area contributed by atoms with Crippen LogP contribution in [0.1, 0.15) is 68.3 Å². The number of hydrogen-bond donors (Lipinski definition) is 0. The molecule has 9 heteroatoms. The SMILES string of the molecule is CCCCN(C)S(=O)(=O)c1ccc(C(=O)N(CC2CCCO2)c2nc3c(C(C)C)cccc3s2)cc1. The number of aromatic nitrogens is 1. The summed E-state index contributed by atoms with van der Waals surface area (Å²) in [7, 11) is -2.01. The molecular formula is C27H35N3O4S2. The molecule has 0 aliphatic carbocycles. The van der Waals surface area contributed by atoms with E-state index < -0.39 is 10.0 Å². The molecule has 36 heavy (non-hydrogen) atoms. The van der Waals surface area contributed by atoms with Gasteiger partial charge in [0.1, 0.15) is 0 Å². The highest BCUT2D eigenvalue weighted by molar-refractivity contribution is 7.89. The van der Waals surface area contributed by atoms with E-state index in [-0.39, 0.29) is 16.9 Å². The number of rotatable bonds is 10. The maximum atomic E-state index is 13.7. The number of amides is 1. The molecular weight excluding hydrogens is 494 g/mol. The Balaban J connectivity index is 1.65. The molecule has 1 fully saturated rings. The van der Waals surface area contributed by atoms with E-state index in [1.54, 1.807) is 24.1 Å². The third-order valence-corrected chi connectivity index (χ3v) is 9.50. The molecule has 3 aromatic rings. The number of para-hydroxylation sites is 1. The van der Waals surface area contributed by atoms with Gasteiger partial charge in [0, 0.05) is 25.8 Å². The van der Waals surface area contributed by atoms with Gasteiger partial charge in [0.05, 0.1) is 27.8 Å². The Morgan fingerprint density at radius 2 is 1.94 bits per heavy atom. The Kier molecular flexibility index (Phi) is 8.44. The van der Waals surface area contributed by atoms with Crippen LogP contribution in [0.15, 0.2) is 47.4 Å². The van der Waals surface area contributed by atoms with Crippen molar-refractivity contribution in [3.8, 4) is 0 Å². The fourth-order valence-corrected chi connectivity index (χ4v) is 6.60. The molecule has 0 bridgehead atoms. The predicted octanol–water partition coefficient (Wildman–Crippen LogP) is 5.67. The second-order valence-electron chi connectivity index (χ2n) is 9.60. The molecule has 194 valence electrons. The highest BCUT2D eigenvalue weighted by atomic mass is 32.2. The van der Waals surface area contributed by atoms with E-state index in [9.17, 15) is 13.2 Å². The summed E-state index contributed by atoms with van der Waals surface area (Å²) >= 11 is 1.50. The molecule has 2 heterocycles. The minimum atomic E-state index is -3.60. The number of benzene rings is 2. The van der Waals surface area contributed by atoms with Crippen LogP contribution in [-0.4, -0.2) is 56.5 Å². The fraction of sp³-hybridized carbons (Fsp3) is 0.481. The van der Waals surface area contributed by atoms with Crippen LogP contribution in [0, 0.1) is 0 Å². The smallest absolute Gasteiger partial charge is 0.260 e. The Morgan fingerprint density at radius 1 is 1.19 bits per heavy atom. The monoisotopic (exact) mass is 529 g/mol. The third-order valence-electron chi connectivity index (χ3n) is 6.58. The minimum Gasteiger partial charge on any atom is -0.376 e. The van der Waals surface area contributed by atoms with Crippen molar-refractivity contribution in [1.29, 1.82) is 0 Å². The first-order chi connectivity index (χ1) is 17.2. The number of hydrogen-bond acceptors (Lipinski definition) is 6. The first-order valence-corrected chi connectivity index (χ1v) is 14.9. The summed E-state index contributed by atoms with van der Waals surface area (Å²) in [5, 5.41) is 0.634. The standard InChI is InChI=1S/C27H35N3O4S2/c1-5-6-16-29(4)36(32,33)22-14-12-20(13-15-22)26(31)30(18-21-9-8-17-34-21)27-28-25-23(19(2)3)10-7-11-24(25)35-27/h7,10-15,19,21H,5-6,8-9,16-18H2,1-4H3. The van der Waals surface area contributed by atoms with Gasteiger partial charge in [0.25, 0.3) is 5.91 Å². The van der Waals surface area contributed by atoms with E-state index in [1.165, 1.54) is 27.8 Å². The average molecular weight is 530 g/mol. The van der Waals surface area contributed by atoms with Crippen molar-refractivity contribution in [2.24, 2.45) is 0 Å². The van der Waals surface area contributed by atoms with E-state index in [1.807, 2.05) is 19.1 Å². The van der Waals surface area contributed by atoms with E-state index in [0.717, 1.165) is 41.5 Å². The minimum absolute atomic E-state index is 0.0441. The second kappa shape index (κ2) is 11.4.